The lowest BCUT2D eigenvalue weighted by Gasteiger charge is -2.31. The highest BCUT2D eigenvalue weighted by Gasteiger charge is 2.34. The molecule has 5 rings (SSSR count). The third-order valence-electron chi connectivity index (χ3n) is 8.53. The molecule has 5 aromatic carbocycles. The summed E-state index contributed by atoms with van der Waals surface area (Å²) in [5.74, 6) is 0. The molecule has 0 aliphatic heterocycles. The van der Waals surface area contributed by atoms with E-state index in [1.807, 2.05) is 74.5 Å². The van der Waals surface area contributed by atoms with Gasteiger partial charge in [-0.3, -0.25) is 0 Å². The van der Waals surface area contributed by atoms with Gasteiger partial charge in [-0.25, -0.2) is 30.0 Å². The van der Waals surface area contributed by atoms with Gasteiger partial charge < -0.3 is 0 Å². The van der Waals surface area contributed by atoms with Gasteiger partial charge in [-0.15, -0.1) is 0 Å². The van der Waals surface area contributed by atoms with Crippen LogP contribution in [0, 0.1) is 13.8 Å². The number of sulfonamides is 3. The van der Waals surface area contributed by atoms with E-state index in [0.717, 1.165) is 22.3 Å². The SMILES string of the molecule is Cc1ccc(S(=O)(=O)N(CCc2ccccc2)CC(CN(CCc2ccccc2)S(=O)(=O)c2ccc(C)cc2)NS(=O)(=O)c2ccccc2)cc1. The summed E-state index contributed by atoms with van der Waals surface area (Å²) >= 11 is 0. The van der Waals surface area contributed by atoms with Crippen molar-refractivity contribution in [3.05, 3.63) is 162 Å². The molecule has 0 saturated heterocycles. The number of benzene rings is 5. The Morgan fingerprint density at radius 2 is 0.824 bits per heavy atom. The van der Waals surface area contributed by atoms with Gasteiger partial charge >= 0.3 is 0 Å². The van der Waals surface area contributed by atoms with Crippen LogP contribution in [0.4, 0.5) is 0 Å². The zero-order valence-electron chi connectivity index (χ0n) is 28.7. The summed E-state index contributed by atoms with van der Waals surface area (Å²) < 4.78 is 90.0. The minimum atomic E-state index is -4.21. The minimum absolute atomic E-state index is 0.0237. The lowest BCUT2D eigenvalue weighted by molar-refractivity contribution is 0.320. The highest BCUT2D eigenvalue weighted by atomic mass is 32.2. The van der Waals surface area contributed by atoms with E-state index in [9.17, 15) is 25.3 Å². The maximum absolute atomic E-state index is 14.3. The Balaban J connectivity index is 1.56. The summed E-state index contributed by atoms with van der Waals surface area (Å²) in [5, 5.41) is 0. The van der Waals surface area contributed by atoms with Gasteiger partial charge in [0.1, 0.15) is 0 Å². The van der Waals surface area contributed by atoms with Crippen molar-refractivity contribution in [1.29, 1.82) is 0 Å². The van der Waals surface area contributed by atoms with E-state index in [4.69, 9.17) is 0 Å². The van der Waals surface area contributed by atoms with Crippen molar-refractivity contribution in [2.24, 2.45) is 0 Å². The molecule has 0 radical (unpaired) electrons. The number of aryl methyl sites for hydroxylation is 2. The number of nitrogens with zero attached hydrogens (tertiary/aromatic N) is 2. The first-order valence-electron chi connectivity index (χ1n) is 16.6. The van der Waals surface area contributed by atoms with Crippen molar-refractivity contribution in [2.75, 3.05) is 26.2 Å². The Morgan fingerprint density at radius 3 is 1.20 bits per heavy atom. The summed E-state index contributed by atoms with van der Waals surface area (Å²) in [6, 6.07) is 38.3. The van der Waals surface area contributed by atoms with E-state index in [1.165, 1.54) is 45.0 Å². The second kappa shape index (κ2) is 16.9. The number of nitrogens with one attached hydrogen (secondary N) is 1. The van der Waals surface area contributed by atoms with Crippen molar-refractivity contribution in [1.82, 2.24) is 13.3 Å². The van der Waals surface area contributed by atoms with Crippen molar-refractivity contribution >= 4 is 30.1 Å². The van der Waals surface area contributed by atoms with Crippen LogP contribution in [0.5, 0.6) is 0 Å². The molecule has 268 valence electrons. The lowest BCUT2D eigenvalue weighted by Crippen LogP contribution is -2.52. The van der Waals surface area contributed by atoms with Crippen LogP contribution in [-0.4, -0.2) is 66.1 Å². The molecule has 0 amide bonds. The number of hydrogen-bond acceptors (Lipinski definition) is 6. The Bertz CT molecular complexity index is 2060. The molecule has 51 heavy (non-hydrogen) atoms. The highest BCUT2D eigenvalue weighted by molar-refractivity contribution is 7.90. The van der Waals surface area contributed by atoms with Crippen molar-refractivity contribution < 1.29 is 25.3 Å². The molecule has 0 spiro atoms. The van der Waals surface area contributed by atoms with Gasteiger partial charge in [0.05, 0.1) is 14.7 Å². The molecule has 9 nitrogen and oxygen atoms in total. The van der Waals surface area contributed by atoms with Crippen LogP contribution in [0.15, 0.2) is 154 Å². The average Bonchev–Trinajstić information content (AvgIpc) is 3.13. The van der Waals surface area contributed by atoms with Gasteiger partial charge in [-0.2, -0.15) is 8.61 Å². The molecule has 0 unspecified atom stereocenters. The molecule has 0 saturated carbocycles. The molecular formula is C39H43N3O6S3. The smallest absolute Gasteiger partial charge is 0.207 e. The van der Waals surface area contributed by atoms with Gasteiger partial charge in [0.25, 0.3) is 0 Å². The van der Waals surface area contributed by atoms with Crippen LogP contribution in [0.1, 0.15) is 22.3 Å². The van der Waals surface area contributed by atoms with Gasteiger partial charge in [-0.1, -0.05) is 114 Å². The molecule has 0 bridgehead atoms. The molecule has 0 atom stereocenters. The first kappa shape index (κ1) is 38.1. The minimum Gasteiger partial charge on any atom is -0.207 e. The highest BCUT2D eigenvalue weighted by Crippen LogP contribution is 2.22. The predicted octanol–water partition coefficient (Wildman–Crippen LogP) is 5.82. The van der Waals surface area contributed by atoms with E-state index >= 15 is 0 Å². The molecule has 1 N–H and O–H groups in total. The Labute approximate surface area is 302 Å². The van der Waals surface area contributed by atoms with Crippen LogP contribution >= 0.6 is 0 Å². The maximum atomic E-state index is 14.3. The molecule has 0 fully saturated rings. The summed E-state index contributed by atoms with van der Waals surface area (Å²) in [4.78, 5) is 0.0857. The molecule has 0 aliphatic rings. The van der Waals surface area contributed by atoms with Crippen LogP contribution in [0.25, 0.3) is 0 Å². The summed E-state index contributed by atoms with van der Waals surface area (Å²) in [7, 11) is -12.5. The van der Waals surface area contributed by atoms with E-state index in [-0.39, 0.29) is 40.9 Å². The standard InChI is InChI=1S/C39H43N3O6S3/c1-32-18-22-38(23-19-32)50(45,46)41(28-26-34-12-6-3-7-13-34)30-36(40-49(43,44)37-16-10-5-11-17-37)31-42(29-27-35-14-8-4-9-15-35)51(47,48)39-24-20-33(2)21-25-39/h3-25,36,40H,26-31H2,1-2H3. The molecule has 0 aliphatic carbocycles. The topological polar surface area (TPSA) is 121 Å². The Kier molecular flexibility index (Phi) is 12.6. The van der Waals surface area contributed by atoms with Gasteiger partial charge in [0.2, 0.25) is 30.1 Å². The van der Waals surface area contributed by atoms with Crippen LogP contribution in [0.2, 0.25) is 0 Å². The third-order valence-corrected chi connectivity index (χ3v) is 13.8. The van der Waals surface area contributed by atoms with Crippen molar-refractivity contribution in [3.8, 4) is 0 Å². The fourth-order valence-electron chi connectivity index (χ4n) is 5.65. The van der Waals surface area contributed by atoms with E-state index in [1.54, 1.807) is 42.5 Å². The fraction of sp³-hybridized carbons (Fsp3) is 0.231. The van der Waals surface area contributed by atoms with Crippen molar-refractivity contribution in [3.63, 3.8) is 0 Å². The number of hydrogen-bond donors (Lipinski definition) is 1. The monoisotopic (exact) mass is 745 g/mol. The Hall–Kier alpha value is -4.17. The van der Waals surface area contributed by atoms with Crippen LogP contribution in [0.3, 0.4) is 0 Å². The number of rotatable bonds is 17. The predicted molar refractivity (Wildman–Crippen MR) is 201 cm³/mol. The summed E-state index contributed by atoms with van der Waals surface area (Å²) in [6.07, 6.45) is 0.701. The maximum Gasteiger partial charge on any atom is 0.243 e. The average molecular weight is 746 g/mol. The molecule has 0 aromatic heterocycles. The quantitative estimate of drug-likeness (QED) is 0.128. The lowest BCUT2D eigenvalue weighted by atomic mass is 10.1. The molecular weight excluding hydrogens is 703 g/mol. The van der Waals surface area contributed by atoms with Gasteiger partial charge in [0.15, 0.2) is 0 Å². The second-order valence-corrected chi connectivity index (χ2v) is 18.0. The third kappa shape index (κ3) is 10.2. The zero-order chi connectivity index (χ0) is 36.5. The molecule has 5 aromatic rings. The summed E-state index contributed by atoms with van der Waals surface area (Å²) in [5.41, 5.74) is 3.56. The fourth-order valence-corrected chi connectivity index (χ4v) is 9.86. The van der Waals surface area contributed by atoms with Crippen LogP contribution in [-0.2, 0) is 42.9 Å². The van der Waals surface area contributed by atoms with Crippen molar-refractivity contribution in [2.45, 2.75) is 47.4 Å². The van der Waals surface area contributed by atoms with Gasteiger partial charge in [-0.05, 0) is 74.2 Å². The normalized spacial score (nSPS) is 12.5. The molecule has 0 heterocycles. The zero-order valence-corrected chi connectivity index (χ0v) is 31.1. The second-order valence-electron chi connectivity index (χ2n) is 12.5. The van der Waals surface area contributed by atoms with Crippen LogP contribution < -0.4 is 4.72 Å². The molecule has 12 heteroatoms. The summed E-state index contributed by atoms with van der Waals surface area (Å²) in [6.45, 7) is 3.10. The first-order chi connectivity index (χ1) is 24.3. The van der Waals surface area contributed by atoms with E-state index in [0.29, 0.717) is 12.8 Å². The van der Waals surface area contributed by atoms with E-state index in [2.05, 4.69) is 4.72 Å². The van der Waals surface area contributed by atoms with Gasteiger partial charge in [0, 0.05) is 32.2 Å². The first-order valence-corrected chi connectivity index (χ1v) is 21.0. The van der Waals surface area contributed by atoms with E-state index < -0.39 is 36.1 Å². The largest absolute Gasteiger partial charge is 0.243 e. The Morgan fingerprint density at radius 1 is 0.471 bits per heavy atom.